The number of carbonyl (C=O) groups excluding carboxylic acids is 2. The van der Waals surface area contributed by atoms with Crippen molar-refractivity contribution >= 4 is 39.7 Å². The molecular formula is C25H23N3O2S. The maximum absolute atomic E-state index is 13.6. The van der Waals surface area contributed by atoms with E-state index < -0.39 is 11.3 Å². The topological polar surface area (TPSA) is 79.2 Å². The van der Waals surface area contributed by atoms with Crippen molar-refractivity contribution in [3.05, 3.63) is 75.6 Å². The van der Waals surface area contributed by atoms with Crippen LogP contribution in [0.2, 0.25) is 0 Å². The number of carbonyl (C=O) groups is 2. The monoisotopic (exact) mass is 429 g/mol. The summed E-state index contributed by atoms with van der Waals surface area (Å²) in [6, 6.07) is 11.9. The number of anilines is 1. The molecule has 156 valence electrons. The fourth-order valence-corrected chi connectivity index (χ4v) is 5.42. The molecule has 6 heteroatoms. The normalized spacial score (nSPS) is 14.9. The van der Waals surface area contributed by atoms with E-state index >= 15 is 0 Å². The van der Waals surface area contributed by atoms with Gasteiger partial charge in [0.25, 0.3) is 0 Å². The van der Waals surface area contributed by atoms with E-state index in [4.69, 9.17) is 5.73 Å². The molecule has 2 amide bonds. The standard InChI is InChI=1S/C25H23N3O2S/c1-14-17(23(26)29)10-18(19-11-27-20-7-5-4-6-16(19)20)21-22(14)28(24(30)25(21,2)3)12-15-8-9-31-13-15/h4-11,13,27H,12H2,1-3H3,(H2,26,29). The first-order valence-corrected chi connectivity index (χ1v) is 11.1. The molecule has 5 nitrogen and oxygen atoms in total. The zero-order valence-electron chi connectivity index (χ0n) is 17.7. The number of fused-ring (bicyclic) bond motifs is 2. The summed E-state index contributed by atoms with van der Waals surface area (Å²) in [6.07, 6.45) is 1.95. The van der Waals surface area contributed by atoms with Crippen LogP contribution in [0, 0.1) is 6.92 Å². The smallest absolute Gasteiger partial charge is 0.249 e. The second-order valence-corrected chi connectivity index (χ2v) is 9.36. The van der Waals surface area contributed by atoms with Crippen molar-refractivity contribution in [3.8, 4) is 11.1 Å². The molecule has 0 saturated carbocycles. The van der Waals surface area contributed by atoms with Crippen molar-refractivity contribution in [2.45, 2.75) is 32.7 Å². The fourth-order valence-electron chi connectivity index (χ4n) is 4.76. The maximum Gasteiger partial charge on any atom is 0.249 e. The van der Waals surface area contributed by atoms with E-state index in [0.717, 1.165) is 44.4 Å². The Balaban J connectivity index is 1.84. The minimum atomic E-state index is -0.736. The summed E-state index contributed by atoms with van der Waals surface area (Å²) in [4.78, 5) is 31.2. The van der Waals surface area contributed by atoms with Crippen LogP contribution in [0.15, 0.2) is 53.4 Å². The molecule has 5 rings (SSSR count). The third kappa shape index (κ3) is 2.82. The van der Waals surface area contributed by atoms with E-state index in [2.05, 4.69) is 4.98 Å². The van der Waals surface area contributed by atoms with Crippen molar-refractivity contribution in [1.82, 2.24) is 4.98 Å². The van der Waals surface area contributed by atoms with E-state index in [1.807, 2.05) is 79.0 Å². The molecule has 0 saturated heterocycles. The predicted octanol–water partition coefficient (Wildman–Crippen LogP) is 5.13. The minimum absolute atomic E-state index is 0.0273. The molecule has 0 radical (unpaired) electrons. The number of amides is 2. The van der Waals surface area contributed by atoms with Crippen LogP contribution in [0.25, 0.3) is 22.0 Å². The number of nitrogens with zero attached hydrogens (tertiary/aromatic N) is 1. The number of nitrogens with one attached hydrogen (secondary N) is 1. The van der Waals surface area contributed by atoms with Gasteiger partial charge in [-0.25, -0.2) is 0 Å². The van der Waals surface area contributed by atoms with Crippen LogP contribution in [0.1, 0.15) is 40.9 Å². The summed E-state index contributed by atoms with van der Waals surface area (Å²) < 4.78 is 0. The Hall–Kier alpha value is -3.38. The number of aromatic amines is 1. The number of primary amides is 1. The zero-order chi connectivity index (χ0) is 21.9. The van der Waals surface area contributed by atoms with Gasteiger partial charge in [0.15, 0.2) is 0 Å². The number of hydrogen-bond donors (Lipinski definition) is 2. The van der Waals surface area contributed by atoms with Crippen molar-refractivity contribution < 1.29 is 9.59 Å². The van der Waals surface area contributed by atoms with Crippen LogP contribution in [-0.4, -0.2) is 16.8 Å². The highest BCUT2D eigenvalue weighted by atomic mass is 32.1. The lowest BCUT2D eigenvalue weighted by Crippen LogP contribution is -2.35. The number of hydrogen-bond acceptors (Lipinski definition) is 3. The molecule has 31 heavy (non-hydrogen) atoms. The third-order valence-corrected chi connectivity index (χ3v) is 7.03. The van der Waals surface area contributed by atoms with Crippen molar-refractivity contribution in [2.75, 3.05) is 4.90 Å². The molecule has 0 fully saturated rings. The highest BCUT2D eigenvalue weighted by molar-refractivity contribution is 7.07. The summed E-state index contributed by atoms with van der Waals surface area (Å²) >= 11 is 1.60. The van der Waals surface area contributed by atoms with Crippen LogP contribution >= 0.6 is 11.3 Å². The third-order valence-electron chi connectivity index (χ3n) is 6.29. The number of rotatable bonds is 4. The average molecular weight is 430 g/mol. The van der Waals surface area contributed by atoms with Crippen molar-refractivity contribution in [3.63, 3.8) is 0 Å². The van der Waals surface area contributed by atoms with Gasteiger partial charge < -0.3 is 15.6 Å². The number of aromatic nitrogens is 1. The molecule has 2 aromatic heterocycles. The van der Waals surface area contributed by atoms with Gasteiger partial charge in [0.2, 0.25) is 11.8 Å². The van der Waals surface area contributed by atoms with Crippen LogP contribution in [-0.2, 0) is 16.8 Å². The van der Waals surface area contributed by atoms with E-state index in [-0.39, 0.29) is 5.91 Å². The number of thiophene rings is 1. The van der Waals surface area contributed by atoms with Crippen LogP contribution in [0.3, 0.4) is 0 Å². The molecule has 1 aliphatic heterocycles. The first kappa shape index (κ1) is 19.6. The number of H-pyrrole nitrogens is 1. The molecule has 0 bridgehead atoms. The van der Waals surface area contributed by atoms with Gasteiger partial charge >= 0.3 is 0 Å². The highest BCUT2D eigenvalue weighted by Gasteiger charge is 2.47. The molecule has 1 aliphatic rings. The lowest BCUT2D eigenvalue weighted by Gasteiger charge is -2.21. The lowest BCUT2D eigenvalue weighted by molar-refractivity contribution is -0.122. The number of nitrogens with two attached hydrogens (primary N) is 1. The summed E-state index contributed by atoms with van der Waals surface area (Å²) in [7, 11) is 0. The van der Waals surface area contributed by atoms with Crippen LogP contribution < -0.4 is 10.6 Å². The molecule has 2 aromatic carbocycles. The quantitative estimate of drug-likeness (QED) is 0.472. The summed E-state index contributed by atoms with van der Waals surface area (Å²) in [6.45, 7) is 6.27. The second-order valence-electron chi connectivity index (χ2n) is 8.58. The van der Waals surface area contributed by atoms with Crippen molar-refractivity contribution in [1.29, 1.82) is 0 Å². The lowest BCUT2D eigenvalue weighted by atomic mass is 9.79. The Kier molecular flexibility index (Phi) is 4.31. The van der Waals surface area contributed by atoms with Gasteiger partial charge in [0.1, 0.15) is 0 Å². The number of benzene rings is 2. The molecule has 0 atom stereocenters. The molecule has 0 aliphatic carbocycles. The molecular weight excluding hydrogens is 406 g/mol. The Morgan fingerprint density at radius 3 is 2.68 bits per heavy atom. The molecule has 4 aromatic rings. The SMILES string of the molecule is Cc1c(C(N)=O)cc(-c2c[nH]c3ccccc23)c2c1N(Cc1ccsc1)C(=O)C2(C)C. The van der Waals surface area contributed by atoms with Gasteiger partial charge in [0.05, 0.1) is 17.6 Å². The number of para-hydroxylation sites is 1. The van der Waals surface area contributed by atoms with Crippen LogP contribution in [0.5, 0.6) is 0 Å². The van der Waals surface area contributed by atoms with Crippen LogP contribution in [0.4, 0.5) is 5.69 Å². The van der Waals surface area contributed by atoms with Gasteiger partial charge in [-0.2, -0.15) is 11.3 Å². The summed E-state index contributed by atoms with van der Waals surface area (Å²) in [5.41, 5.74) is 11.9. The Morgan fingerprint density at radius 2 is 1.97 bits per heavy atom. The second kappa shape index (κ2) is 6.82. The van der Waals surface area contributed by atoms with Gasteiger partial charge in [-0.15, -0.1) is 0 Å². The Morgan fingerprint density at radius 1 is 1.19 bits per heavy atom. The Bertz CT molecular complexity index is 1350. The average Bonchev–Trinajstić information content (AvgIpc) is 3.44. The minimum Gasteiger partial charge on any atom is -0.366 e. The first-order valence-electron chi connectivity index (χ1n) is 10.2. The van der Waals surface area contributed by atoms with Gasteiger partial charge in [-0.05, 0) is 72.0 Å². The Labute approximate surface area is 184 Å². The highest BCUT2D eigenvalue weighted by Crippen LogP contribution is 2.50. The molecule has 3 N–H and O–H groups in total. The van der Waals surface area contributed by atoms with E-state index in [1.165, 1.54) is 0 Å². The largest absolute Gasteiger partial charge is 0.366 e. The van der Waals surface area contributed by atoms with Gasteiger partial charge in [0, 0.05) is 28.2 Å². The van der Waals surface area contributed by atoms with E-state index in [0.29, 0.717) is 12.1 Å². The molecule has 3 heterocycles. The first-order chi connectivity index (χ1) is 14.8. The summed E-state index contributed by atoms with van der Waals surface area (Å²) in [5, 5.41) is 5.10. The van der Waals surface area contributed by atoms with E-state index in [1.54, 1.807) is 11.3 Å². The maximum atomic E-state index is 13.6. The van der Waals surface area contributed by atoms with E-state index in [9.17, 15) is 9.59 Å². The predicted molar refractivity (Wildman–Crippen MR) is 126 cm³/mol. The zero-order valence-corrected chi connectivity index (χ0v) is 18.5. The fraction of sp³-hybridized carbons (Fsp3) is 0.200. The summed E-state index contributed by atoms with van der Waals surface area (Å²) in [5.74, 6) is -0.464. The van der Waals surface area contributed by atoms with Crippen molar-refractivity contribution in [2.24, 2.45) is 5.73 Å². The van der Waals surface area contributed by atoms with Gasteiger partial charge in [-0.3, -0.25) is 9.59 Å². The van der Waals surface area contributed by atoms with Gasteiger partial charge in [-0.1, -0.05) is 18.2 Å². The molecule has 0 unspecified atom stereocenters. The molecule has 0 spiro atoms.